The van der Waals surface area contributed by atoms with Crippen LogP contribution in [-0.2, 0) is 14.6 Å². The standard InChI is InChI=1S/C13H21NO4S/c1-3-8-19(16,17)13-7-5-4-6-12(13)14-9-11(15)10-18-2/h4-7,11,14-15H,3,8-10H2,1-2H3. The fraction of sp³-hybridized carbons (Fsp3) is 0.538. The van der Waals surface area contributed by atoms with Crippen LogP contribution in [0.25, 0.3) is 0 Å². The summed E-state index contributed by atoms with van der Waals surface area (Å²) in [7, 11) is -1.77. The van der Waals surface area contributed by atoms with Crippen LogP contribution in [0.15, 0.2) is 29.2 Å². The Morgan fingerprint density at radius 3 is 2.68 bits per heavy atom. The van der Waals surface area contributed by atoms with E-state index in [2.05, 4.69) is 5.32 Å². The summed E-state index contributed by atoms with van der Waals surface area (Å²) in [4.78, 5) is 0.279. The van der Waals surface area contributed by atoms with Crippen LogP contribution >= 0.6 is 0 Å². The minimum absolute atomic E-state index is 0.117. The van der Waals surface area contributed by atoms with E-state index in [4.69, 9.17) is 4.74 Å². The Morgan fingerprint density at radius 1 is 1.37 bits per heavy atom. The van der Waals surface area contributed by atoms with Crippen molar-refractivity contribution in [1.29, 1.82) is 0 Å². The van der Waals surface area contributed by atoms with Gasteiger partial charge in [-0.3, -0.25) is 0 Å². The molecule has 1 aromatic carbocycles. The van der Waals surface area contributed by atoms with Gasteiger partial charge in [-0.15, -0.1) is 0 Å². The second-order valence-electron chi connectivity index (χ2n) is 4.31. The lowest BCUT2D eigenvalue weighted by atomic mass is 10.3. The van der Waals surface area contributed by atoms with Crippen LogP contribution < -0.4 is 5.32 Å². The number of benzene rings is 1. The van der Waals surface area contributed by atoms with Gasteiger partial charge in [-0.25, -0.2) is 8.42 Å². The number of para-hydroxylation sites is 1. The molecule has 0 bridgehead atoms. The number of aliphatic hydroxyl groups excluding tert-OH is 1. The summed E-state index contributed by atoms with van der Waals surface area (Å²) in [6.07, 6.45) is -0.102. The van der Waals surface area contributed by atoms with Crippen LogP contribution in [0, 0.1) is 0 Å². The molecule has 0 aliphatic rings. The molecule has 0 heterocycles. The quantitative estimate of drug-likeness (QED) is 0.753. The van der Waals surface area contributed by atoms with Gasteiger partial charge < -0.3 is 15.2 Å². The first-order chi connectivity index (χ1) is 9.01. The van der Waals surface area contributed by atoms with E-state index in [1.165, 1.54) is 7.11 Å². The Morgan fingerprint density at radius 2 is 2.05 bits per heavy atom. The zero-order valence-corrected chi connectivity index (χ0v) is 12.1. The normalized spacial score (nSPS) is 13.2. The highest BCUT2D eigenvalue weighted by Gasteiger charge is 2.17. The van der Waals surface area contributed by atoms with Gasteiger partial charge in [0.25, 0.3) is 0 Å². The first-order valence-corrected chi connectivity index (χ1v) is 7.89. The fourth-order valence-corrected chi connectivity index (χ4v) is 3.26. The van der Waals surface area contributed by atoms with E-state index in [-0.39, 0.29) is 23.8 Å². The predicted octanol–water partition coefficient (Wildman–Crippen LogP) is 1.29. The number of hydrogen-bond donors (Lipinski definition) is 2. The van der Waals surface area contributed by atoms with Gasteiger partial charge in [0.2, 0.25) is 0 Å². The summed E-state index contributed by atoms with van der Waals surface area (Å²) in [5.74, 6) is 0.117. The summed E-state index contributed by atoms with van der Waals surface area (Å²) in [6.45, 7) is 2.28. The van der Waals surface area contributed by atoms with Crippen molar-refractivity contribution in [2.24, 2.45) is 0 Å². The smallest absolute Gasteiger partial charge is 0.180 e. The van der Waals surface area contributed by atoms with E-state index in [0.29, 0.717) is 12.1 Å². The van der Waals surface area contributed by atoms with Gasteiger partial charge >= 0.3 is 0 Å². The summed E-state index contributed by atoms with van der Waals surface area (Å²) in [5.41, 5.74) is 0.520. The Bertz CT molecular complexity index is 487. The molecule has 0 saturated carbocycles. The van der Waals surface area contributed by atoms with E-state index in [0.717, 1.165) is 0 Å². The highest BCUT2D eigenvalue weighted by atomic mass is 32.2. The second kappa shape index (κ2) is 7.47. The number of sulfone groups is 1. The summed E-state index contributed by atoms with van der Waals surface area (Å²) in [6, 6.07) is 6.73. The van der Waals surface area contributed by atoms with Gasteiger partial charge in [0.05, 0.1) is 29.0 Å². The van der Waals surface area contributed by atoms with Crippen LogP contribution in [0.5, 0.6) is 0 Å². The highest BCUT2D eigenvalue weighted by Crippen LogP contribution is 2.22. The van der Waals surface area contributed by atoms with E-state index in [1.54, 1.807) is 24.3 Å². The Labute approximate surface area is 114 Å². The lowest BCUT2D eigenvalue weighted by Crippen LogP contribution is -2.25. The third kappa shape index (κ3) is 4.81. The molecule has 108 valence electrons. The maximum absolute atomic E-state index is 12.1. The van der Waals surface area contributed by atoms with Gasteiger partial charge in [0.15, 0.2) is 9.84 Å². The van der Waals surface area contributed by atoms with Crippen LogP contribution in [-0.4, -0.2) is 45.6 Å². The molecule has 0 spiro atoms. The molecule has 1 unspecified atom stereocenters. The largest absolute Gasteiger partial charge is 0.389 e. The van der Waals surface area contributed by atoms with Gasteiger partial charge in [0, 0.05) is 13.7 Å². The number of ether oxygens (including phenoxy) is 1. The molecule has 0 fully saturated rings. The van der Waals surface area contributed by atoms with Crippen molar-refractivity contribution in [1.82, 2.24) is 0 Å². The molecule has 6 heteroatoms. The predicted molar refractivity (Wildman–Crippen MR) is 75.2 cm³/mol. The van der Waals surface area contributed by atoms with Crippen molar-refractivity contribution in [2.45, 2.75) is 24.3 Å². The second-order valence-corrected chi connectivity index (χ2v) is 6.38. The molecule has 0 aliphatic carbocycles. The van der Waals surface area contributed by atoms with Crippen LogP contribution in [0.3, 0.4) is 0 Å². The maximum Gasteiger partial charge on any atom is 0.180 e. The summed E-state index contributed by atoms with van der Waals surface area (Å²) >= 11 is 0. The van der Waals surface area contributed by atoms with Gasteiger partial charge in [-0.1, -0.05) is 19.1 Å². The minimum atomic E-state index is -3.28. The molecule has 2 N–H and O–H groups in total. The zero-order valence-electron chi connectivity index (χ0n) is 11.3. The third-order valence-corrected chi connectivity index (χ3v) is 4.55. The van der Waals surface area contributed by atoms with Gasteiger partial charge in [-0.2, -0.15) is 0 Å². The molecule has 19 heavy (non-hydrogen) atoms. The van der Waals surface area contributed by atoms with Crippen molar-refractivity contribution in [3.05, 3.63) is 24.3 Å². The molecule has 0 aliphatic heterocycles. The van der Waals surface area contributed by atoms with E-state index in [9.17, 15) is 13.5 Å². The Balaban J connectivity index is 2.85. The lowest BCUT2D eigenvalue weighted by molar-refractivity contribution is 0.0727. The monoisotopic (exact) mass is 287 g/mol. The maximum atomic E-state index is 12.1. The number of rotatable bonds is 8. The van der Waals surface area contributed by atoms with E-state index < -0.39 is 15.9 Å². The minimum Gasteiger partial charge on any atom is -0.389 e. The molecule has 1 aromatic rings. The average molecular weight is 287 g/mol. The number of anilines is 1. The van der Waals surface area contributed by atoms with E-state index >= 15 is 0 Å². The van der Waals surface area contributed by atoms with Crippen molar-refractivity contribution in [3.8, 4) is 0 Å². The van der Waals surface area contributed by atoms with Crippen molar-refractivity contribution >= 4 is 15.5 Å². The number of hydrogen-bond acceptors (Lipinski definition) is 5. The topological polar surface area (TPSA) is 75.6 Å². The number of methoxy groups -OCH3 is 1. The lowest BCUT2D eigenvalue weighted by Gasteiger charge is -2.15. The molecule has 0 amide bonds. The SMILES string of the molecule is CCCS(=O)(=O)c1ccccc1NCC(O)COC. The average Bonchev–Trinajstić information content (AvgIpc) is 2.37. The van der Waals surface area contributed by atoms with E-state index in [1.807, 2.05) is 6.92 Å². The molecule has 1 rings (SSSR count). The number of aliphatic hydroxyl groups is 1. The third-order valence-electron chi connectivity index (χ3n) is 2.58. The highest BCUT2D eigenvalue weighted by molar-refractivity contribution is 7.91. The van der Waals surface area contributed by atoms with Crippen LogP contribution in [0.2, 0.25) is 0 Å². The molecule has 0 saturated heterocycles. The molecular formula is C13H21NO4S. The first-order valence-electron chi connectivity index (χ1n) is 6.24. The van der Waals surface area contributed by atoms with Crippen LogP contribution in [0.4, 0.5) is 5.69 Å². The number of nitrogens with one attached hydrogen (secondary N) is 1. The van der Waals surface area contributed by atoms with Gasteiger partial charge in [-0.05, 0) is 18.6 Å². The Hall–Kier alpha value is -1.11. The van der Waals surface area contributed by atoms with Gasteiger partial charge in [0.1, 0.15) is 0 Å². The Kier molecular flexibility index (Phi) is 6.27. The van der Waals surface area contributed by atoms with Crippen molar-refractivity contribution in [3.63, 3.8) is 0 Å². The zero-order chi connectivity index (χ0) is 14.3. The molecule has 0 aromatic heterocycles. The van der Waals surface area contributed by atoms with Crippen molar-refractivity contribution < 1.29 is 18.3 Å². The summed E-state index contributed by atoms with van der Waals surface area (Å²) in [5, 5.41) is 12.5. The van der Waals surface area contributed by atoms with Crippen molar-refractivity contribution in [2.75, 3.05) is 31.3 Å². The molecule has 5 nitrogen and oxygen atoms in total. The first kappa shape index (κ1) is 15.9. The van der Waals surface area contributed by atoms with Crippen LogP contribution in [0.1, 0.15) is 13.3 Å². The fourth-order valence-electron chi connectivity index (χ4n) is 1.74. The summed E-state index contributed by atoms with van der Waals surface area (Å²) < 4.78 is 29.0. The molecular weight excluding hydrogens is 266 g/mol. The molecule has 0 radical (unpaired) electrons. The molecule has 1 atom stereocenters.